The summed E-state index contributed by atoms with van der Waals surface area (Å²) in [5.74, 6) is -2.15. The van der Waals surface area contributed by atoms with Crippen LogP contribution in [0.3, 0.4) is 0 Å². The predicted octanol–water partition coefficient (Wildman–Crippen LogP) is 2.39. The van der Waals surface area contributed by atoms with Crippen LogP contribution in [0.25, 0.3) is 0 Å². The molecule has 4 heterocycles. The number of hydrogen-bond acceptors (Lipinski definition) is 6. The van der Waals surface area contributed by atoms with Gasteiger partial charge in [-0.25, -0.2) is 0 Å². The van der Waals surface area contributed by atoms with E-state index >= 15 is 0 Å². The minimum absolute atomic E-state index is 0.0854. The van der Waals surface area contributed by atoms with E-state index in [2.05, 4.69) is 0 Å². The Morgan fingerprint density at radius 1 is 1.09 bits per heavy atom. The van der Waals surface area contributed by atoms with Crippen molar-refractivity contribution in [2.24, 2.45) is 11.8 Å². The van der Waals surface area contributed by atoms with Gasteiger partial charge in [0.15, 0.2) is 0 Å². The van der Waals surface area contributed by atoms with Crippen LogP contribution >= 0.6 is 11.8 Å². The van der Waals surface area contributed by atoms with Crippen LogP contribution in [0.1, 0.15) is 24.5 Å². The van der Waals surface area contributed by atoms with Crippen LogP contribution < -0.4 is 4.90 Å². The molecular formula is C26H30N2O5S. The number of amides is 2. The molecule has 5 atom stereocenters. The second-order valence-corrected chi connectivity index (χ2v) is 11.5. The zero-order valence-corrected chi connectivity index (χ0v) is 20.5. The molecule has 0 aliphatic carbocycles. The van der Waals surface area contributed by atoms with Crippen LogP contribution in [0.2, 0.25) is 0 Å². The van der Waals surface area contributed by atoms with E-state index in [1.807, 2.05) is 63.3 Å². The summed E-state index contributed by atoms with van der Waals surface area (Å²) in [6.45, 7) is 6.68. The first-order valence-electron chi connectivity index (χ1n) is 11.8. The van der Waals surface area contributed by atoms with Gasteiger partial charge in [-0.1, -0.05) is 36.4 Å². The third kappa shape index (κ3) is 3.18. The molecule has 0 aromatic heterocycles. The molecule has 8 heteroatoms. The number of cyclic esters (lactones) is 1. The van der Waals surface area contributed by atoms with Crippen molar-refractivity contribution in [3.05, 3.63) is 53.6 Å². The molecule has 1 aromatic rings. The lowest BCUT2D eigenvalue weighted by molar-refractivity contribution is -0.152. The molecule has 5 rings (SSSR count). The van der Waals surface area contributed by atoms with Crippen LogP contribution in [0.15, 0.2) is 42.5 Å². The zero-order chi connectivity index (χ0) is 24.3. The van der Waals surface area contributed by atoms with Crippen molar-refractivity contribution >= 4 is 35.2 Å². The summed E-state index contributed by atoms with van der Waals surface area (Å²) in [7, 11) is 0. The molecule has 7 nitrogen and oxygen atoms in total. The lowest BCUT2D eigenvalue weighted by Gasteiger charge is -2.37. The minimum atomic E-state index is -0.894. The standard InChI is InChI=1S/C26H30N2O5S/c1-16-8-4-9-17(2)20(16)27-12-5-11-26-18(19-24(32)33-15-6-10-25(19,3)34-26)22(30)28(13-7-14-29)21(26)23(27)31/h4-6,8-11,18-19,21,29H,7,12-15H2,1-3H3/t18-,19-,21?,25+,26-/m0/s1. The van der Waals surface area contributed by atoms with Crippen molar-refractivity contribution < 1.29 is 24.2 Å². The summed E-state index contributed by atoms with van der Waals surface area (Å²) in [6.07, 6.45) is 8.13. The van der Waals surface area contributed by atoms with Crippen molar-refractivity contribution in [1.82, 2.24) is 4.90 Å². The molecule has 4 aliphatic heterocycles. The average molecular weight is 483 g/mol. The molecule has 1 N–H and O–H groups in total. The summed E-state index contributed by atoms with van der Waals surface area (Å²) in [5.41, 5.74) is 2.83. The minimum Gasteiger partial charge on any atom is -0.461 e. The number of fused-ring (bicyclic) bond motifs is 2. The highest BCUT2D eigenvalue weighted by Crippen LogP contribution is 2.65. The highest BCUT2D eigenvalue weighted by atomic mass is 32.2. The van der Waals surface area contributed by atoms with E-state index in [1.54, 1.807) is 9.80 Å². The molecule has 2 fully saturated rings. The maximum absolute atomic E-state index is 14.3. The second kappa shape index (κ2) is 8.27. The highest BCUT2D eigenvalue weighted by molar-refractivity contribution is 8.02. The first-order valence-corrected chi connectivity index (χ1v) is 12.6. The van der Waals surface area contributed by atoms with Gasteiger partial charge in [0, 0.05) is 30.1 Å². The quantitative estimate of drug-likeness (QED) is 0.524. The maximum atomic E-state index is 14.3. The van der Waals surface area contributed by atoms with Crippen LogP contribution in [-0.2, 0) is 19.1 Å². The Bertz CT molecular complexity index is 1100. The Morgan fingerprint density at radius 2 is 1.82 bits per heavy atom. The number of likely N-dealkylation sites (tertiary alicyclic amines) is 1. The number of rotatable bonds is 4. The lowest BCUT2D eigenvalue weighted by Crippen LogP contribution is -2.54. The number of aliphatic hydroxyl groups excluding tert-OH is 1. The fourth-order valence-electron chi connectivity index (χ4n) is 6.27. The van der Waals surface area contributed by atoms with E-state index in [1.165, 1.54) is 11.8 Å². The number of benzene rings is 1. The van der Waals surface area contributed by atoms with E-state index in [9.17, 15) is 19.5 Å². The summed E-state index contributed by atoms with van der Waals surface area (Å²) in [5, 5.41) is 9.51. The van der Waals surface area contributed by atoms with Crippen molar-refractivity contribution in [2.75, 3.05) is 31.2 Å². The van der Waals surface area contributed by atoms with Gasteiger partial charge in [0.2, 0.25) is 5.91 Å². The van der Waals surface area contributed by atoms with Gasteiger partial charge in [-0.2, -0.15) is 0 Å². The lowest BCUT2D eigenvalue weighted by atomic mass is 9.75. The number of hydrogen-bond donors (Lipinski definition) is 1. The van der Waals surface area contributed by atoms with Crippen molar-refractivity contribution in [2.45, 2.75) is 42.7 Å². The molecule has 4 aliphatic rings. The Hall–Kier alpha value is -2.58. The van der Waals surface area contributed by atoms with Crippen molar-refractivity contribution in [3.63, 3.8) is 0 Å². The van der Waals surface area contributed by atoms with E-state index in [0.717, 1.165) is 16.8 Å². The summed E-state index contributed by atoms with van der Waals surface area (Å²) in [4.78, 5) is 44.8. The third-order valence-corrected chi connectivity index (χ3v) is 9.38. The van der Waals surface area contributed by atoms with Gasteiger partial charge in [0.05, 0.1) is 16.6 Å². The number of aliphatic hydroxyl groups is 1. The molecule has 0 radical (unpaired) electrons. The number of esters is 1. The largest absolute Gasteiger partial charge is 0.461 e. The van der Waals surface area contributed by atoms with Crippen LogP contribution in [0.5, 0.6) is 0 Å². The maximum Gasteiger partial charge on any atom is 0.311 e. The smallest absolute Gasteiger partial charge is 0.311 e. The van der Waals surface area contributed by atoms with Gasteiger partial charge in [0.1, 0.15) is 12.6 Å². The Kier molecular flexibility index (Phi) is 5.64. The van der Waals surface area contributed by atoms with Gasteiger partial charge in [-0.05, 0) is 44.4 Å². The summed E-state index contributed by atoms with van der Waals surface area (Å²) >= 11 is 1.53. The Morgan fingerprint density at radius 3 is 2.53 bits per heavy atom. The van der Waals surface area contributed by atoms with Crippen molar-refractivity contribution in [1.29, 1.82) is 0 Å². The molecule has 34 heavy (non-hydrogen) atoms. The van der Waals surface area contributed by atoms with E-state index < -0.39 is 33.3 Å². The van der Waals surface area contributed by atoms with Gasteiger partial charge in [-0.15, -0.1) is 11.8 Å². The molecule has 1 aromatic carbocycles. The first-order chi connectivity index (χ1) is 16.2. The summed E-state index contributed by atoms with van der Waals surface area (Å²) < 4.78 is 3.89. The molecule has 2 saturated heterocycles. The molecule has 1 spiro atoms. The third-order valence-electron chi connectivity index (χ3n) is 7.58. The normalized spacial score (nSPS) is 34.5. The Balaban J connectivity index is 1.66. The van der Waals surface area contributed by atoms with Crippen molar-refractivity contribution in [3.8, 4) is 0 Å². The van der Waals surface area contributed by atoms with Crippen LogP contribution in [0.4, 0.5) is 5.69 Å². The molecule has 2 amide bonds. The molecule has 0 saturated carbocycles. The molecule has 0 bridgehead atoms. The van der Waals surface area contributed by atoms with E-state index in [0.29, 0.717) is 13.0 Å². The van der Waals surface area contributed by atoms with E-state index in [4.69, 9.17) is 4.74 Å². The van der Waals surface area contributed by atoms with Gasteiger partial charge < -0.3 is 19.6 Å². The number of aryl methyl sites for hydroxylation is 2. The van der Waals surface area contributed by atoms with Crippen LogP contribution in [-0.4, -0.2) is 69.6 Å². The fourth-order valence-corrected chi connectivity index (χ4v) is 8.42. The summed E-state index contributed by atoms with van der Waals surface area (Å²) in [6, 6.07) is 5.16. The topological polar surface area (TPSA) is 87.2 Å². The monoisotopic (exact) mass is 482 g/mol. The molecular weight excluding hydrogens is 452 g/mol. The number of nitrogens with zero attached hydrogens (tertiary/aromatic N) is 2. The van der Waals surface area contributed by atoms with Gasteiger partial charge in [-0.3, -0.25) is 14.4 Å². The first kappa shape index (κ1) is 23.2. The zero-order valence-electron chi connectivity index (χ0n) is 19.7. The number of carbonyl (C=O) groups excluding carboxylic acids is 3. The number of anilines is 1. The number of ether oxygens (including phenoxy) is 1. The molecule has 180 valence electrons. The Labute approximate surface area is 203 Å². The number of thioether (sulfide) groups is 1. The van der Waals surface area contributed by atoms with Gasteiger partial charge >= 0.3 is 5.97 Å². The number of para-hydroxylation sites is 1. The highest BCUT2D eigenvalue weighted by Gasteiger charge is 2.74. The predicted molar refractivity (Wildman–Crippen MR) is 130 cm³/mol. The molecule has 1 unspecified atom stereocenters. The SMILES string of the molecule is Cc1cccc(C)c1N1CC=C[C@]23S[C@]4(C)C=CCOC(=O)[C@@H]4[C@H]2C(=O)N(CCCO)C3C1=O. The van der Waals surface area contributed by atoms with Gasteiger partial charge in [0.25, 0.3) is 5.91 Å². The fraction of sp³-hybridized carbons (Fsp3) is 0.500. The average Bonchev–Trinajstić information content (AvgIpc) is 3.04. The van der Waals surface area contributed by atoms with Crippen LogP contribution in [0, 0.1) is 25.7 Å². The van der Waals surface area contributed by atoms with E-state index in [-0.39, 0.29) is 31.6 Å². The number of carbonyl (C=O) groups is 3. The second-order valence-electron chi connectivity index (χ2n) is 9.73.